The Kier molecular flexibility index (Phi) is 7.48. The molecule has 2 aromatic heterocycles. The SMILES string of the molecule is CC1CCN(C(=O)CC#N)CC1N(C)c1ncnc2c1ccn2C(=O)N(C)CCN(C)C=O. The molecule has 0 bridgehead atoms. The molecule has 1 saturated heterocycles. The van der Waals surface area contributed by atoms with Gasteiger partial charge in [0.15, 0.2) is 5.65 Å². The number of carbonyl (C=O) groups is 3. The van der Waals surface area contributed by atoms with E-state index in [2.05, 4.69) is 16.9 Å². The van der Waals surface area contributed by atoms with Crippen molar-refractivity contribution in [1.29, 1.82) is 5.26 Å². The molecular formula is C22H30N8O3. The first kappa shape index (κ1) is 24.0. The van der Waals surface area contributed by atoms with Crippen LogP contribution in [-0.2, 0) is 9.59 Å². The van der Waals surface area contributed by atoms with Crippen molar-refractivity contribution in [3.63, 3.8) is 0 Å². The smallest absolute Gasteiger partial charge is 0.329 e. The second kappa shape index (κ2) is 10.3. The fourth-order valence-corrected chi connectivity index (χ4v) is 4.13. The molecule has 1 fully saturated rings. The van der Waals surface area contributed by atoms with Crippen molar-refractivity contribution in [2.45, 2.75) is 25.8 Å². The Morgan fingerprint density at radius 1 is 1.27 bits per heavy atom. The van der Waals surface area contributed by atoms with Crippen LogP contribution in [0.25, 0.3) is 11.0 Å². The Balaban J connectivity index is 1.84. The van der Waals surface area contributed by atoms with Crippen LogP contribution >= 0.6 is 0 Å². The lowest BCUT2D eigenvalue weighted by Gasteiger charge is -2.42. The number of amides is 3. The zero-order valence-corrected chi connectivity index (χ0v) is 19.5. The number of hydrogen-bond acceptors (Lipinski definition) is 7. The van der Waals surface area contributed by atoms with Gasteiger partial charge in [-0.15, -0.1) is 0 Å². The van der Waals surface area contributed by atoms with E-state index in [1.165, 1.54) is 20.7 Å². The highest BCUT2D eigenvalue weighted by Crippen LogP contribution is 2.29. The Labute approximate surface area is 193 Å². The van der Waals surface area contributed by atoms with Gasteiger partial charge in [-0.05, 0) is 18.4 Å². The molecule has 2 unspecified atom stereocenters. The average molecular weight is 455 g/mol. The minimum absolute atomic E-state index is 0.0140. The summed E-state index contributed by atoms with van der Waals surface area (Å²) >= 11 is 0. The Morgan fingerprint density at radius 3 is 2.73 bits per heavy atom. The molecule has 176 valence electrons. The van der Waals surface area contributed by atoms with Crippen LogP contribution in [0.1, 0.15) is 19.8 Å². The Bertz CT molecular complexity index is 1060. The maximum Gasteiger partial charge on any atom is 0.329 e. The summed E-state index contributed by atoms with van der Waals surface area (Å²) in [4.78, 5) is 51.7. The van der Waals surface area contributed by atoms with E-state index in [1.807, 2.05) is 24.1 Å². The number of carbonyl (C=O) groups excluding carboxylic acids is 3. The van der Waals surface area contributed by atoms with Gasteiger partial charge in [-0.3, -0.25) is 14.2 Å². The number of likely N-dealkylation sites (tertiary alicyclic amines) is 1. The molecule has 0 aromatic carbocycles. The summed E-state index contributed by atoms with van der Waals surface area (Å²) in [6.07, 6.45) is 4.54. The van der Waals surface area contributed by atoms with Crippen LogP contribution in [0, 0.1) is 17.2 Å². The quantitative estimate of drug-likeness (QED) is 0.573. The van der Waals surface area contributed by atoms with E-state index in [0.29, 0.717) is 43.6 Å². The van der Waals surface area contributed by atoms with E-state index >= 15 is 0 Å². The van der Waals surface area contributed by atoms with E-state index < -0.39 is 0 Å². The average Bonchev–Trinajstić information content (AvgIpc) is 3.26. The van der Waals surface area contributed by atoms with Crippen molar-refractivity contribution >= 4 is 35.2 Å². The van der Waals surface area contributed by atoms with Crippen molar-refractivity contribution in [1.82, 2.24) is 29.2 Å². The van der Waals surface area contributed by atoms with Crippen molar-refractivity contribution in [2.75, 3.05) is 52.2 Å². The Morgan fingerprint density at radius 2 is 2.03 bits per heavy atom. The van der Waals surface area contributed by atoms with E-state index in [4.69, 9.17) is 5.26 Å². The first-order valence-electron chi connectivity index (χ1n) is 10.9. The number of nitrogens with zero attached hydrogens (tertiary/aromatic N) is 8. The number of piperidine rings is 1. The summed E-state index contributed by atoms with van der Waals surface area (Å²) in [5.41, 5.74) is 0.494. The molecule has 0 radical (unpaired) electrons. The van der Waals surface area contributed by atoms with Crippen molar-refractivity contribution < 1.29 is 14.4 Å². The predicted molar refractivity (Wildman–Crippen MR) is 122 cm³/mol. The van der Waals surface area contributed by atoms with Gasteiger partial charge in [0, 0.05) is 53.5 Å². The maximum atomic E-state index is 13.0. The molecule has 2 aromatic rings. The molecule has 3 rings (SSSR count). The molecular weight excluding hydrogens is 424 g/mol. The lowest BCUT2D eigenvalue weighted by molar-refractivity contribution is -0.131. The van der Waals surface area contributed by atoms with Crippen LogP contribution in [0.2, 0.25) is 0 Å². The summed E-state index contributed by atoms with van der Waals surface area (Å²) in [5, 5.41) is 9.61. The number of rotatable bonds is 7. The molecule has 3 heterocycles. The van der Waals surface area contributed by atoms with Gasteiger partial charge < -0.3 is 19.6 Å². The van der Waals surface area contributed by atoms with Crippen LogP contribution in [-0.4, -0.2) is 101 Å². The van der Waals surface area contributed by atoms with Crippen LogP contribution < -0.4 is 4.90 Å². The maximum absolute atomic E-state index is 13.0. The largest absolute Gasteiger partial charge is 0.354 e. The monoisotopic (exact) mass is 454 g/mol. The first-order chi connectivity index (χ1) is 15.8. The second-order valence-corrected chi connectivity index (χ2v) is 8.53. The van der Waals surface area contributed by atoms with Crippen LogP contribution in [0.3, 0.4) is 0 Å². The van der Waals surface area contributed by atoms with Gasteiger partial charge >= 0.3 is 6.03 Å². The normalized spacial score (nSPS) is 18.0. The van der Waals surface area contributed by atoms with Gasteiger partial charge in [0.1, 0.15) is 18.6 Å². The molecule has 3 amide bonds. The van der Waals surface area contributed by atoms with Gasteiger partial charge in [-0.2, -0.15) is 5.26 Å². The number of anilines is 1. The second-order valence-electron chi connectivity index (χ2n) is 8.53. The molecule has 11 nitrogen and oxygen atoms in total. The number of likely N-dealkylation sites (N-methyl/N-ethyl adjacent to an activating group) is 3. The fourth-order valence-electron chi connectivity index (χ4n) is 4.13. The fraction of sp³-hybridized carbons (Fsp3) is 0.545. The summed E-state index contributed by atoms with van der Waals surface area (Å²) in [6.45, 7) is 4.11. The molecule has 0 spiro atoms. The Hall–Kier alpha value is -3.68. The predicted octanol–water partition coefficient (Wildman–Crippen LogP) is 1.01. The highest BCUT2D eigenvalue weighted by atomic mass is 16.2. The third kappa shape index (κ3) is 5.05. The number of nitriles is 1. The highest BCUT2D eigenvalue weighted by Gasteiger charge is 2.33. The van der Waals surface area contributed by atoms with Gasteiger partial charge in [-0.25, -0.2) is 14.8 Å². The van der Waals surface area contributed by atoms with Crippen molar-refractivity contribution in [2.24, 2.45) is 5.92 Å². The third-order valence-electron chi connectivity index (χ3n) is 6.29. The molecule has 33 heavy (non-hydrogen) atoms. The van der Waals surface area contributed by atoms with E-state index in [1.54, 1.807) is 25.2 Å². The zero-order valence-electron chi connectivity index (χ0n) is 19.5. The highest BCUT2D eigenvalue weighted by molar-refractivity contribution is 5.94. The van der Waals surface area contributed by atoms with Gasteiger partial charge in [0.05, 0.1) is 17.5 Å². The lowest BCUT2D eigenvalue weighted by atomic mass is 9.92. The van der Waals surface area contributed by atoms with Crippen molar-refractivity contribution in [3.05, 3.63) is 18.6 Å². The standard InChI is InChI=1S/C22H30N8O3/c1-16-6-9-29(19(32)5-8-23)13-18(16)28(4)20-17-7-10-30(21(17)25-14-24-20)22(33)27(3)12-11-26(2)15-31/h7,10,14-16,18H,5-6,9,11-13H2,1-4H3. The summed E-state index contributed by atoms with van der Waals surface area (Å²) in [6, 6.07) is 3.51. The number of aromatic nitrogens is 3. The summed E-state index contributed by atoms with van der Waals surface area (Å²) < 4.78 is 1.47. The third-order valence-corrected chi connectivity index (χ3v) is 6.29. The van der Waals surface area contributed by atoms with E-state index in [0.717, 1.165) is 18.2 Å². The molecule has 0 N–H and O–H groups in total. The van der Waals surface area contributed by atoms with E-state index in [9.17, 15) is 14.4 Å². The molecule has 0 saturated carbocycles. The summed E-state index contributed by atoms with van der Waals surface area (Å²) in [5.74, 6) is 0.841. The van der Waals surface area contributed by atoms with Crippen LogP contribution in [0.4, 0.5) is 10.6 Å². The topological polar surface area (TPSA) is 119 Å². The summed E-state index contributed by atoms with van der Waals surface area (Å²) in [7, 11) is 5.27. The molecule has 1 aliphatic heterocycles. The molecule has 0 aliphatic carbocycles. The van der Waals surface area contributed by atoms with Gasteiger partial charge in [0.2, 0.25) is 12.3 Å². The van der Waals surface area contributed by atoms with Gasteiger partial charge in [-0.1, -0.05) is 6.92 Å². The molecule has 2 atom stereocenters. The minimum Gasteiger partial charge on any atom is -0.354 e. The van der Waals surface area contributed by atoms with Crippen molar-refractivity contribution in [3.8, 4) is 6.07 Å². The van der Waals surface area contributed by atoms with Crippen LogP contribution in [0.15, 0.2) is 18.6 Å². The molecule has 11 heteroatoms. The first-order valence-corrected chi connectivity index (χ1v) is 10.9. The van der Waals surface area contributed by atoms with E-state index in [-0.39, 0.29) is 24.4 Å². The van der Waals surface area contributed by atoms with Crippen LogP contribution in [0.5, 0.6) is 0 Å². The molecule has 1 aliphatic rings. The lowest BCUT2D eigenvalue weighted by Crippen LogP contribution is -2.52. The van der Waals surface area contributed by atoms with Gasteiger partial charge in [0.25, 0.3) is 0 Å². The number of fused-ring (bicyclic) bond motifs is 1. The minimum atomic E-state index is -0.254. The number of hydrogen-bond donors (Lipinski definition) is 0. The zero-order chi connectivity index (χ0) is 24.1.